The van der Waals surface area contributed by atoms with Gasteiger partial charge < -0.3 is 9.73 Å². The van der Waals surface area contributed by atoms with Crippen LogP contribution in [0.15, 0.2) is 47.1 Å². The molecule has 0 unspecified atom stereocenters. The van der Waals surface area contributed by atoms with Gasteiger partial charge in [-0.15, -0.1) is 0 Å². The molecule has 0 aliphatic carbocycles. The minimum atomic E-state index is -3.60. The van der Waals surface area contributed by atoms with Crippen LogP contribution in [0.25, 0.3) is 0 Å². The van der Waals surface area contributed by atoms with E-state index < -0.39 is 10.0 Å². The Bertz CT molecular complexity index is 794. The first-order valence-corrected chi connectivity index (χ1v) is 10.8. The van der Waals surface area contributed by atoms with E-state index in [0.717, 1.165) is 22.1 Å². The minimum absolute atomic E-state index is 0.290. The topological polar surface area (TPSA) is 79.6 Å². The van der Waals surface area contributed by atoms with E-state index in [-0.39, 0.29) is 12.5 Å². The highest BCUT2D eigenvalue weighted by Crippen LogP contribution is 2.21. The van der Waals surface area contributed by atoms with Crippen molar-refractivity contribution in [1.29, 1.82) is 0 Å². The highest BCUT2D eigenvalue weighted by molar-refractivity contribution is 7.98. The van der Waals surface area contributed by atoms with E-state index in [1.54, 1.807) is 36.2 Å². The van der Waals surface area contributed by atoms with Crippen LogP contribution < -0.4 is 9.62 Å². The van der Waals surface area contributed by atoms with Gasteiger partial charge in [0.05, 0.1) is 24.0 Å². The summed E-state index contributed by atoms with van der Waals surface area (Å²) in [6, 6.07) is 10.1. The molecular formula is C16H19ClN2O4S2. The first-order valence-electron chi connectivity index (χ1n) is 7.46. The van der Waals surface area contributed by atoms with Gasteiger partial charge in [-0.25, -0.2) is 8.42 Å². The van der Waals surface area contributed by atoms with Gasteiger partial charge in [0.1, 0.15) is 12.3 Å². The summed E-state index contributed by atoms with van der Waals surface area (Å²) in [5.74, 6) is 1.92. The standard InChI is InChI=1S/C16H19ClN2O4S2/c1-25(21,22)19(14-5-2-4-13(17)10-14)11-16(20)18-7-9-24-12-15-6-3-8-23-15/h2-6,8,10H,7,9,11-12H2,1H3,(H,18,20). The average Bonchev–Trinajstić information content (AvgIpc) is 3.04. The molecule has 136 valence electrons. The number of nitrogens with zero attached hydrogens (tertiary/aromatic N) is 1. The van der Waals surface area contributed by atoms with Gasteiger partial charge in [0, 0.05) is 17.3 Å². The van der Waals surface area contributed by atoms with Crippen molar-refractivity contribution in [2.75, 3.05) is 29.4 Å². The molecule has 1 aromatic heterocycles. The van der Waals surface area contributed by atoms with E-state index in [1.807, 2.05) is 12.1 Å². The third kappa shape index (κ3) is 6.64. The van der Waals surface area contributed by atoms with Crippen molar-refractivity contribution in [1.82, 2.24) is 5.32 Å². The molecule has 2 aromatic rings. The number of rotatable bonds is 9. The Morgan fingerprint density at radius 2 is 2.12 bits per heavy atom. The summed E-state index contributed by atoms with van der Waals surface area (Å²) in [7, 11) is -3.60. The maximum atomic E-state index is 12.1. The molecule has 9 heteroatoms. The second-order valence-electron chi connectivity index (χ2n) is 5.23. The van der Waals surface area contributed by atoms with Crippen LogP contribution in [0.2, 0.25) is 5.02 Å². The van der Waals surface area contributed by atoms with Crippen molar-refractivity contribution in [3.63, 3.8) is 0 Å². The number of benzene rings is 1. The molecule has 6 nitrogen and oxygen atoms in total. The van der Waals surface area contributed by atoms with Crippen LogP contribution in [-0.2, 0) is 20.6 Å². The fourth-order valence-electron chi connectivity index (χ4n) is 2.05. The van der Waals surface area contributed by atoms with Crippen LogP contribution in [0, 0.1) is 0 Å². The highest BCUT2D eigenvalue weighted by atomic mass is 35.5. The minimum Gasteiger partial charge on any atom is -0.468 e. The van der Waals surface area contributed by atoms with Crippen molar-refractivity contribution in [2.24, 2.45) is 0 Å². The Labute approximate surface area is 156 Å². The number of thioether (sulfide) groups is 1. The lowest BCUT2D eigenvalue weighted by molar-refractivity contribution is -0.119. The van der Waals surface area contributed by atoms with Crippen molar-refractivity contribution >= 4 is 45.0 Å². The third-order valence-electron chi connectivity index (χ3n) is 3.18. The fourth-order valence-corrected chi connectivity index (χ4v) is 3.84. The fraction of sp³-hybridized carbons (Fsp3) is 0.312. The van der Waals surface area contributed by atoms with Crippen molar-refractivity contribution < 1.29 is 17.6 Å². The predicted molar refractivity (Wildman–Crippen MR) is 102 cm³/mol. The Kier molecular flexibility index (Phi) is 7.22. The molecule has 0 spiro atoms. The number of carbonyl (C=O) groups is 1. The van der Waals surface area contributed by atoms with Crippen LogP contribution in [0.4, 0.5) is 5.69 Å². The number of hydrogen-bond donors (Lipinski definition) is 1. The van der Waals surface area contributed by atoms with E-state index in [9.17, 15) is 13.2 Å². The Balaban J connectivity index is 1.83. The van der Waals surface area contributed by atoms with Crippen LogP contribution >= 0.6 is 23.4 Å². The molecule has 0 fully saturated rings. The van der Waals surface area contributed by atoms with Crippen LogP contribution in [0.5, 0.6) is 0 Å². The molecular weight excluding hydrogens is 384 g/mol. The summed E-state index contributed by atoms with van der Waals surface area (Å²) in [4.78, 5) is 12.1. The number of amides is 1. The zero-order valence-corrected chi connectivity index (χ0v) is 16.0. The second-order valence-corrected chi connectivity index (χ2v) is 8.68. The molecule has 0 radical (unpaired) electrons. The molecule has 0 aliphatic heterocycles. The third-order valence-corrected chi connectivity index (χ3v) is 5.53. The summed E-state index contributed by atoms with van der Waals surface area (Å²) in [5.41, 5.74) is 0.359. The number of carbonyl (C=O) groups excluding carboxylic acids is 1. The molecule has 1 N–H and O–H groups in total. The molecule has 0 bridgehead atoms. The molecule has 1 aromatic carbocycles. The van der Waals surface area contributed by atoms with Gasteiger partial charge in [-0.2, -0.15) is 11.8 Å². The van der Waals surface area contributed by atoms with Crippen molar-refractivity contribution in [3.8, 4) is 0 Å². The SMILES string of the molecule is CS(=O)(=O)N(CC(=O)NCCSCc1ccco1)c1cccc(Cl)c1. The summed E-state index contributed by atoms with van der Waals surface area (Å²) in [6.07, 6.45) is 2.67. The number of anilines is 1. The van der Waals surface area contributed by atoms with Crippen LogP contribution in [0.3, 0.4) is 0 Å². The Morgan fingerprint density at radius 1 is 1.32 bits per heavy atom. The summed E-state index contributed by atoms with van der Waals surface area (Å²) in [5, 5.41) is 3.12. The van der Waals surface area contributed by atoms with Crippen LogP contribution in [0.1, 0.15) is 5.76 Å². The normalized spacial score (nSPS) is 11.3. The molecule has 2 rings (SSSR count). The number of nitrogens with one attached hydrogen (secondary N) is 1. The maximum absolute atomic E-state index is 12.1. The van der Waals surface area contributed by atoms with Gasteiger partial charge in [-0.3, -0.25) is 9.10 Å². The van der Waals surface area contributed by atoms with E-state index in [0.29, 0.717) is 23.0 Å². The summed E-state index contributed by atoms with van der Waals surface area (Å²) >= 11 is 7.52. The van der Waals surface area contributed by atoms with Crippen molar-refractivity contribution in [2.45, 2.75) is 5.75 Å². The molecule has 1 amide bonds. The Morgan fingerprint density at radius 3 is 2.76 bits per heavy atom. The highest BCUT2D eigenvalue weighted by Gasteiger charge is 2.20. The molecule has 0 saturated heterocycles. The van der Waals surface area contributed by atoms with Gasteiger partial charge in [0.15, 0.2) is 0 Å². The van der Waals surface area contributed by atoms with Gasteiger partial charge >= 0.3 is 0 Å². The van der Waals surface area contributed by atoms with Gasteiger partial charge in [-0.1, -0.05) is 17.7 Å². The summed E-state index contributed by atoms with van der Waals surface area (Å²) in [6.45, 7) is 0.152. The number of sulfonamides is 1. The Hall–Kier alpha value is -1.64. The number of halogens is 1. The monoisotopic (exact) mass is 402 g/mol. The van der Waals surface area contributed by atoms with Gasteiger partial charge in [0.25, 0.3) is 0 Å². The summed E-state index contributed by atoms with van der Waals surface area (Å²) < 4.78 is 30.2. The molecule has 0 aliphatic rings. The first-order chi connectivity index (χ1) is 11.9. The van der Waals surface area contributed by atoms with Gasteiger partial charge in [0.2, 0.25) is 15.9 Å². The van der Waals surface area contributed by atoms with E-state index in [1.165, 1.54) is 6.07 Å². The van der Waals surface area contributed by atoms with Crippen LogP contribution in [-0.4, -0.2) is 39.4 Å². The van der Waals surface area contributed by atoms with Crippen molar-refractivity contribution in [3.05, 3.63) is 53.4 Å². The lowest BCUT2D eigenvalue weighted by Crippen LogP contribution is -2.41. The second kappa shape index (κ2) is 9.17. The predicted octanol–water partition coefficient (Wildman–Crippen LogP) is 2.75. The molecule has 25 heavy (non-hydrogen) atoms. The van der Waals surface area contributed by atoms with E-state index in [2.05, 4.69) is 5.32 Å². The zero-order chi connectivity index (χ0) is 18.3. The molecule has 0 saturated carbocycles. The zero-order valence-electron chi connectivity index (χ0n) is 13.6. The van der Waals surface area contributed by atoms with Gasteiger partial charge in [-0.05, 0) is 30.3 Å². The van der Waals surface area contributed by atoms with E-state index >= 15 is 0 Å². The first kappa shape index (κ1) is 19.7. The number of hydrogen-bond acceptors (Lipinski definition) is 5. The molecule has 0 atom stereocenters. The quantitative estimate of drug-likeness (QED) is 0.652. The lowest BCUT2D eigenvalue weighted by Gasteiger charge is -2.22. The number of furan rings is 1. The maximum Gasteiger partial charge on any atom is 0.240 e. The molecule has 1 heterocycles. The lowest BCUT2D eigenvalue weighted by atomic mass is 10.3. The average molecular weight is 403 g/mol. The smallest absolute Gasteiger partial charge is 0.240 e. The largest absolute Gasteiger partial charge is 0.468 e. The van der Waals surface area contributed by atoms with E-state index in [4.69, 9.17) is 16.0 Å².